The van der Waals surface area contributed by atoms with E-state index in [1.54, 1.807) is 7.05 Å². The second kappa shape index (κ2) is 4.45. The van der Waals surface area contributed by atoms with Gasteiger partial charge in [-0.2, -0.15) is 0 Å². The van der Waals surface area contributed by atoms with Gasteiger partial charge in [0.05, 0.1) is 7.11 Å². The smallest absolute Gasteiger partial charge is 0.246 e. The van der Waals surface area contributed by atoms with Gasteiger partial charge in [-0.1, -0.05) is 27.2 Å². The van der Waals surface area contributed by atoms with Crippen LogP contribution in [0, 0.1) is 5.41 Å². The van der Waals surface area contributed by atoms with Crippen molar-refractivity contribution in [1.29, 1.82) is 0 Å². The zero-order valence-corrected chi connectivity index (χ0v) is 8.68. The van der Waals surface area contributed by atoms with Crippen molar-refractivity contribution in [1.82, 2.24) is 5.06 Å². The lowest BCUT2D eigenvalue weighted by Gasteiger charge is -2.24. The second-order valence-corrected chi connectivity index (χ2v) is 3.77. The van der Waals surface area contributed by atoms with Gasteiger partial charge < -0.3 is 0 Å². The molecule has 0 aromatic heterocycles. The van der Waals surface area contributed by atoms with Crippen molar-refractivity contribution in [2.45, 2.75) is 33.6 Å². The number of amides is 1. The predicted molar refractivity (Wildman–Crippen MR) is 48.5 cm³/mol. The zero-order valence-electron chi connectivity index (χ0n) is 8.68. The highest BCUT2D eigenvalue weighted by molar-refractivity contribution is 5.75. The molecule has 0 saturated heterocycles. The fraction of sp³-hybridized carbons (Fsp3) is 0.889. The van der Waals surface area contributed by atoms with E-state index in [1.807, 2.05) is 0 Å². The first-order valence-electron chi connectivity index (χ1n) is 4.23. The maximum Gasteiger partial charge on any atom is 0.246 e. The quantitative estimate of drug-likeness (QED) is 0.607. The fourth-order valence-electron chi connectivity index (χ4n) is 0.748. The Morgan fingerprint density at radius 3 is 2.33 bits per heavy atom. The van der Waals surface area contributed by atoms with Gasteiger partial charge in [0.25, 0.3) is 0 Å². The normalized spacial score (nSPS) is 11.4. The number of hydrogen-bond donors (Lipinski definition) is 0. The minimum Gasteiger partial charge on any atom is -0.275 e. The van der Waals surface area contributed by atoms with Crippen LogP contribution in [-0.4, -0.2) is 25.1 Å². The molecule has 0 N–H and O–H groups in total. The molecular formula is C9H19NO2. The lowest BCUT2D eigenvalue weighted by atomic mass is 9.86. The Bertz CT molecular complexity index is 155. The average Bonchev–Trinajstić information content (AvgIpc) is 2.02. The summed E-state index contributed by atoms with van der Waals surface area (Å²) in [5, 5.41) is 1.28. The Kier molecular flexibility index (Phi) is 4.24. The van der Waals surface area contributed by atoms with Crippen molar-refractivity contribution >= 4 is 5.91 Å². The molecule has 3 heteroatoms. The molecule has 0 unspecified atom stereocenters. The predicted octanol–water partition coefficient (Wildman–Crippen LogP) is 1.83. The van der Waals surface area contributed by atoms with Gasteiger partial charge >= 0.3 is 0 Å². The summed E-state index contributed by atoms with van der Waals surface area (Å²) in [6.07, 6.45) is 1.53. The Balaban J connectivity index is 4.00. The Morgan fingerprint density at radius 2 is 2.00 bits per heavy atom. The first-order valence-corrected chi connectivity index (χ1v) is 4.23. The maximum atomic E-state index is 11.3. The van der Waals surface area contributed by atoms with Crippen molar-refractivity contribution in [2.24, 2.45) is 5.41 Å². The van der Waals surface area contributed by atoms with Gasteiger partial charge in [0, 0.05) is 13.5 Å². The molecule has 0 aliphatic heterocycles. The molecular weight excluding hydrogens is 154 g/mol. The van der Waals surface area contributed by atoms with E-state index in [0.717, 1.165) is 6.42 Å². The largest absolute Gasteiger partial charge is 0.275 e. The first-order chi connectivity index (χ1) is 5.43. The molecule has 0 aliphatic carbocycles. The zero-order chi connectivity index (χ0) is 9.78. The summed E-state index contributed by atoms with van der Waals surface area (Å²) in [4.78, 5) is 16.1. The topological polar surface area (TPSA) is 29.5 Å². The molecule has 1 amide bonds. The van der Waals surface area contributed by atoms with Crippen LogP contribution >= 0.6 is 0 Å². The highest BCUT2D eigenvalue weighted by Crippen LogP contribution is 2.24. The van der Waals surface area contributed by atoms with E-state index in [2.05, 4.69) is 20.8 Å². The first kappa shape index (κ1) is 11.4. The third kappa shape index (κ3) is 3.72. The second-order valence-electron chi connectivity index (χ2n) is 3.77. The monoisotopic (exact) mass is 173 g/mol. The number of carbonyl (C=O) groups is 1. The summed E-state index contributed by atoms with van der Waals surface area (Å²) in [6.45, 7) is 6.24. The van der Waals surface area contributed by atoms with Gasteiger partial charge in [-0.25, -0.2) is 5.06 Å². The van der Waals surface area contributed by atoms with Crippen molar-refractivity contribution in [3.8, 4) is 0 Å². The number of carbonyl (C=O) groups excluding carboxylic acids is 1. The molecule has 0 aromatic carbocycles. The SMILES string of the molecule is CCC(C)(C)CC(=O)N(C)OC. The van der Waals surface area contributed by atoms with Crippen LogP contribution in [0.25, 0.3) is 0 Å². The van der Waals surface area contributed by atoms with E-state index in [0.29, 0.717) is 6.42 Å². The van der Waals surface area contributed by atoms with Crippen LogP contribution in [0.1, 0.15) is 33.6 Å². The lowest BCUT2D eigenvalue weighted by Crippen LogP contribution is -2.29. The fourth-order valence-corrected chi connectivity index (χ4v) is 0.748. The lowest BCUT2D eigenvalue weighted by molar-refractivity contribution is -0.170. The molecule has 0 rings (SSSR count). The van der Waals surface area contributed by atoms with E-state index >= 15 is 0 Å². The molecule has 0 spiro atoms. The molecule has 0 heterocycles. The minimum absolute atomic E-state index is 0.0318. The molecule has 0 saturated carbocycles. The Labute approximate surface area is 74.6 Å². The number of nitrogens with zero attached hydrogens (tertiary/aromatic N) is 1. The maximum absolute atomic E-state index is 11.3. The van der Waals surface area contributed by atoms with Crippen molar-refractivity contribution < 1.29 is 9.63 Å². The summed E-state index contributed by atoms with van der Waals surface area (Å²) in [6, 6.07) is 0. The Morgan fingerprint density at radius 1 is 1.50 bits per heavy atom. The highest BCUT2D eigenvalue weighted by Gasteiger charge is 2.21. The third-order valence-electron chi connectivity index (χ3n) is 2.21. The van der Waals surface area contributed by atoms with Crippen LogP contribution in [0.2, 0.25) is 0 Å². The van der Waals surface area contributed by atoms with E-state index < -0.39 is 0 Å². The third-order valence-corrected chi connectivity index (χ3v) is 2.21. The number of hydroxylamine groups is 2. The average molecular weight is 173 g/mol. The van der Waals surface area contributed by atoms with Gasteiger partial charge in [0.2, 0.25) is 5.91 Å². The standard InChI is InChI=1S/C9H19NO2/c1-6-9(2,3)7-8(11)10(4)12-5/h6-7H2,1-5H3. The molecule has 0 aliphatic rings. The number of hydrogen-bond acceptors (Lipinski definition) is 2. The summed E-state index contributed by atoms with van der Waals surface area (Å²) in [5.41, 5.74) is 0.0733. The van der Waals surface area contributed by atoms with Gasteiger partial charge in [-0.05, 0) is 5.41 Å². The highest BCUT2D eigenvalue weighted by atomic mass is 16.7. The van der Waals surface area contributed by atoms with Crippen LogP contribution in [-0.2, 0) is 9.63 Å². The van der Waals surface area contributed by atoms with Gasteiger partial charge in [0.15, 0.2) is 0 Å². The summed E-state index contributed by atoms with van der Waals surface area (Å²) in [7, 11) is 3.13. The van der Waals surface area contributed by atoms with Gasteiger partial charge in [-0.15, -0.1) is 0 Å². The van der Waals surface area contributed by atoms with Crippen LogP contribution in [0.15, 0.2) is 0 Å². The number of rotatable bonds is 4. The molecule has 0 fully saturated rings. The van der Waals surface area contributed by atoms with Crippen LogP contribution in [0.5, 0.6) is 0 Å². The molecule has 0 aromatic rings. The van der Waals surface area contributed by atoms with E-state index in [1.165, 1.54) is 12.2 Å². The molecule has 72 valence electrons. The van der Waals surface area contributed by atoms with E-state index in [4.69, 9.17) is 4.84 Å². The molecule has 3 nitrogen and oxygen atoms in total. The minimum atomic E-state index is 0.0318. The summed E-state index contributed by atoms with van der Waals surface area (Å²) >= 11 is 0. The molecule has 0 bridgehead atoms. The van der Waals surface area contributed by atoms with E-state index in [9.17, 15) is 4.79 Å². The molecule has 0 radical (unpaired) electrons. The van der Waals surface area contributed by atoms with Crippen molar-refractivity contribution in [2.75, 3.05) is 14.2 Å². The van der Waals surface area contributed by atoms with Crippen molar-refractivity contribution in [3.05, 3.63) is 0 Å². The van der Waals surface area contributed by atoms with E-state index in [-0.39, 0.29) is 11.3 Å². The van der Waals surface area contributed by atoms with Crippen molar-refractivity contribution in [3.63, 3.8) is 0 Å². The van der Waals surface area contributed by atoms with Crippen LogP contribution in [0.3, 0.4) is 0 Å². The summed E-state index contributed by atoms with van der Waals surface area (Å²) in [5.74, 6) is 0.0318. The Hall–Kier alpha value is -0.570. The van der Waals surface area contributed by atoms with Crippen LogP contribution < -0.4 is 0 Å². The van der Waals surface area contributed by atoms with Gasteiger partial charge in [0.1, 0.15) is 0 Å². The summed E-state index contributed by atoms with van der Waals surface area (Å²) < 4.78 is 0. The van der Waals surface area contributed by atoms with Crippen LogP contribution in [0.4, 0.5) is 0 Å². The molecule has 0 atom stereocenters. The molecule has 12 heavy (non-hydrogen) atoms. The van der Waals surface area contributed by atoms with Gasteiger partial charge in [-0.3, -0.25) is 9.63 Å².